The van der Waals surface area contributed by atoms with Crippen molar-refractivity contribution in [1.82, 2.24) is 0 Å². The van der Waals surface area contributed by atoms with E-state index >= 15 is 0 Å². The van der Waals surface area contributed by atoms with Gasteiger partial charge in [0.2, 0.25) is 0 Å². The molecule has 0 unspecified atom stereocenters. The zero-order valence-corrected chi connectivity index (χ0v) is 11.5. The third-order valence-corrected chi connectivity index (χ3v) is 2.84. The SMILES string of the molecule is O=C([O-])/C=C/c1ccc(OCc2ccc([N+](=O)[O-])cc2)cc1. The monoisotopic (exact) mass is 298 g/mol. The van der Waals surface area contributed by atoms with Crippen LogP contribution in [0.4, 0.5) is 5.69 Å². The molecule has 0 saturated carbocycles. The molecule has 6 nitrogen and oxygen atoms in total. The first kappa shape index (κ1) is 15.2. The van der Waals surface area contributed by atoms with Crippen LogP contribution in [0.3, 0.4) is 0 Å². The van der Waals surface area contributed by atoms with Crippen molar-refractivity contribution in [2.24, 2.45) is 0 Å². The van der Waals surface area contributed by atoms with Crippen LogP contribution < -0.4 is 9.84 Å². The molecule has 2 aromatic carbocycles. The van der Waals surface area contributed by atoms with Crippen LogP contribution in [0, 0.1) is 10.1 Å². The van der Waals surface area contributed by atoms with Crippen molar-refractivity contribution >= 4 is 17.7 Å². The summed E-state index contributed by atoms with van der Waals surface area (Å²) in [4.78, 5) is 20.4. The first-order valence-corrected chi connectivity index (χ1v) is 6.40. The molecule has 0 aliphatic rings. The molecule has 0 atom stereocenters. The number of benzene rings is 2. The predicted octanol–water partition coefficient (Wildman–Crippen LogP) is 1.94. The Kier molecular flexibility index (Phi) is 4.87. The summed E-state index contributed by atoms with van der Waals surface area (Å²) in [5, 5.41) is 20.8. The maximum Gasteiger partial charge on any atom is 0.269 e. The Labute approximate surface area is 126 Å². The van der Waals surface area contributed by atoms with Crippen LogP contribution in [0.2, 0.25) is 0 Å². The second-order valence-corrected chi connectivity index (χ2v) is 4.43. The van der Waals surface area contributed by atoms with E-state index in [1.807, 2.05) is 0 Å². The number of rotatable bonds is 6. The highest BCUT2D eigenvalue weighted by Gasteiger charge is 2.04. The number of non-ortho nitro benzene ring substituents is 1. The van der Waals surface area contributed by atoms with E-state index in [1.165, 1.54) is 18.2 Å². The van der Waals surface area contributed by atoms with Crippen molar-refractivity contribution < 1.29 is 19.6 Å². The summed E-state index contributed by atoms with van der Waals surface area (Å²) in [5.74, 6) is -0.637. The summed E-state index contributed by atoms with van der Waals surface area (Å²) in [6, 6.07) is 13.0. The van der Waals surface area contributed by atoms with Crippen LogP contribution in [0.25, 0.3) is 6.08 Å². The molecule has 0 N–H and O–H groups in total. The Morgan fingerprint density at radius 1 is 1.09 bits per heavy atom. The van der Waals surface area contributed by atoms with E-state index in [0.717, 1.165) is 11.6 Å². The van der Waals surface area contributed by atoms with Crippen molar-refractivity contribution in [3.63, 3.8) is 0 Å². The number of hydrogen-bond donors (Lipinski definition) is 0. The second kappa shape index (κ2) is 7.03. The van der Waals surface area contributed by atoms with Gasteiger partial charge in [-0.25, -0.2) is 0 Å². The Morgan fingerprint density at radius 2 is 1.73 bits per heavy atom. The van der Waals surface area contributed by atoms with Crippen LogP contribution in [0.5, 0.6) is 5.75 Å². The molecule has 2 rings (SSSR count). The molecule has 0 heterocycles. The topological polar surface area (TPSA) is 92.5 Å². The van der Waals surface area contributed by atoms with Crippen molar-refractivity contribution in [3.05, 3.63) is 75.8 Å². The van der Waals surface area contributed by atoms with Crippen molar-refractivity contribution in [2.75, 3.05) is 0 Å². The highest BCUT2D eigenvalue weighted by atomic mass is 16.6. The summed E-state index contributed by atoms with van der Waals surface area (Å²) in [7, 11) is 0. The van der Waals surface area contributed by atoms with Gasteiger partial charge in [-0.2, -0.15) is 0 Å². The summed E-state index contributed by atoms with van der Waals surface area (Å²) in [5.41, 5.74) is 1.56. The number of aliphatic carboxylic acids is 1. The fourth-order valence-electron chi connectivity index (χ4n) is 1.72. The first-order valence-electron chi connectivity index (χ1n) is 6.40. The molecule has 0 aromatic heterocycles. The van der Waals surface area contributed by atoms with Gasteiger partial charge in [-0.3, -0.25) is 10.1 Å². The summed E-state index contributed by atoms with van der Waals surface area (Å²) in [6.45, 7) is 0.284. The lowest BCUT2D eigenvalue weighted by molar-refractivity contribution is -0.384. The second-order valence-electron chi connectivity index (χ2n) is 4.43. The van der Waals surface area contributed by atoms with Gasteiger partial charge in [0.05, 0.1) is 10.9 Å². The molecule has 0 fully saturated rings. The third kappa shape index (κ3) is 4.45. The van der Waals surface area contributed by atoms with E-state index < -0.39 is 10.9 Å². The van der Waals surface area contributed by atoms with Crippen LogP contribution in [0.1, 0.15) is 11.1 Å². The van der Waals surface area contributed by atoms with E-state index in [-0.39, 0.29) is 12.3 Å². The van der Waals surface area contributed by atoms with Gasteiger partial charge in [0, 0.05) is 12.1 Å². The minimum atomic E-state index is -1.25. The Hall–Kier alpha value is -3.15. The fraction of sp³-hybridized carbons (Fsp3) is 0.0625. The van der Waals surface area contributed by atoms with E-state index in [2.05, 4.69) is 0 Å². The largest absolute Gasteiger partial charge is 0.545 e. The van der Waals surface area contributed by atoms with Crippen molar-refractivity contribution in [3.8, 4) is 5.75 Å². The lowest BCUT2D eigenvalue weighted by atomic mass is 10.2. The highest BCUT2D eigenvalue weighted by Crippen LogP contribution is 2.17. The smallest absolute Gasteiger partial charge is 0.269 e. The minimum absolute atomic E-state index is 0.0350. The van der Waals surface area contributed by atoms with Crippen molar-refractivity contribution in [2.45, 2.75) is 6.61 Å². The van der Waals surface area contributed by atoms with Crippen LogP contribution in [-0.4, -0.2) is 10.9 Å². The standard InChI is InChI=1S/C16H13NO5/c18-16(19)10-5-12-3-8-15(9-4-12)22-11-13-1-6-14(7-2-13)17(20)21/h1-10H,11H2,(H,18,19)/p-1/b10-5+. The van der Waals surface area contributed by atoms with Gasteiger partial charge in [0.1, 0.15) is 12.4 Å². The number of carboxylic acid groups (broad SMARTS) is 1. The Morgan fingerprint density at radius 3 is 2.27 bits per heavy atom. The number of nitrogens with zero attached hydrogens (tertiary/aromatic N) is 1. The van der Waals surface area contributed by atoms with Crippen LogP contribution >= 0.6 is 0 Å². The van der Waals surface area contributed by atoms with Gasteiger partial charge in [0.15, 0.2) is 0 Å². The lowest BCUT2D eigenvalue weighted by Crippen LogP contribution is -2.18. The molecular weight excluding hydrogens is 286 g/mol. The fourth-order valence-corrected chi connectivity index (χ4v) is 1.72. The maximum absolute atomic E-state index is 10.5. The molecule has 2 aromatic rings. The Balaban J connectivity index is 1.94. The molecule has 0 aliphatic carbocycles. The highest BCUT2D eigenvalue weighted by molar-refractivity contribution is 5.83. The molecule has 0 radical (unpaired) electrons. The van der Waals surface area contributed by atoms with Gasteiger partial charge >= 0.3 is 0 Å². The van der Waals surface area contributed by atoms with Gasteiger partial charge in [-0.15, -0.1) is 0 Å². The van der Waals surface area contributed by atoms with Crippen molar-refractivity contribution in [1.29, 1.82) is 0 Å². The van der Waals surface area contributed by atoms with Crippen LogP contribution in [0.15, 0.2) is 54.6 Å². The molecule has 22 heavy (non-hydrogen) atoms. The number of carbonyl (C=O) groups is 1. The van der Waals surface area contributed by atoms with Gasteiger partial charge in [0.25, 0.3) is 5.69 Å². The molecule has 6 heteroatoms. The maximum atomic E-state index is 10.5. The Bertz CT molecular complexity index is 689. The van der Waals surface area contributed by atoms with E-state index in [0.29, 0.717) is 11.3 Å². The number of nitro groups is 1. The zero-order valence-electron chi connectivity index (χ0n) is 11.5. The average molecular weight is 298 g/mol. The van der Waals surface area contributed by atoms with Crippen LogP contribution in [-0.2, 0) is 11.4 Å². The molecule has 0 saturated heterocycles. The van der Waals surface area contributed by atoms with Gasteiger partial charge in [-0.1, -0.05) is 18.2 Å². The quantitative estimate of drug-likeness (QED) is 0.461. The number of carboxylic acids is 1. The number of nitro benzene ring substituents is 1. The summed E-state index contributed by atoms with van der Waals surface area (Å²) < 4.78 is 5.55. The van der Waals surface area contributed by atoms with E-state index in [9.17, 15) is 20.0 Å². The molecular formula is C16H12NO5-. The minimum Gasteiger partial charge on any atom is -0.545 e. The number of ether oxygens (including phenoxy) is 1. The third-order valence-electron chi connectivity index (χ3n) is 2.84. The molecule has 0 amide bonds. The predicted molar refractivity (Wildman–Crippen MR) is 77.9 cm³/mol. The number of carbonyl (C=O) groups excluding carboxylic acids is 1. The zero-order chi connectivity index (χ0) is 15.9. The lowest BCUT2D eigenvalue weighted by Gasteiger charge is -2.06. The molecule has 0 spiro atoms. The summed E-state index contributed by atoms with van der Waals surface area (Å²) in [6.07, 6.45) is 2.38. The van der Waals surface area contributed by atoms with E-state index in [4.69, 9.17) is 4.74 Å². The summed E-state index contributed by atoms with van der Waals surface area (Å²) >= 11 is 0. The van der Waals surface area contributed by atoms with E-state index in [1.54, 1.807) is 36.4 Å². The molecule has 0 bridgehead atoms. The number of hydrogen-bond acceptors (Lipinski definition) is 5. The van der Waals surface area contributed by atoms with Gasteiger partial charge < -0.3 is 14.6 Å². The molecule has 112 valence electrons. The van der Waals surface area contributed by atoms with Gasteiger partial charge in [-0.05, 0) is 41.5 Å². The first-order chi connectivity index (χ1) is 10.5. The normalized spacial score (nSPS) is 10.5. The molecule has 0 aliphatic heterocycles. The average Bonchev–Trinajstić information content (AvgIpc) is 2.52.